The SMILES string of the molecule is CCCCC(N)c1cc(O)ccc1C. The molecule has 2 heteroatoms. The average Bonchev–Trinajstić information content (AvgIpc) is 2.18. The number of phenolic OH excluding ortho intramolecular Hbond substituents is 1. The van der Waals surface area contributed by atoms with Gasteiger partial charge in [-0.05, 0) is 36.6 Å². The zero-order valence-electron chi connectivity index (χ0n) is 8.96. The van der Waals surface area contributed by atoms with E-state index in [4.69, 9.17) is 5.73 Å². The van der Waals surface area contributed by atoms with Gasteiger partial charge in [0.1, 0.15) is 5.75 Å². The standard InChI is InChI=1S/C12H19NO/c1-3-4-5-12(13)11-8-10(14)7-6-9(11)2/h6-8,12,14H,3-5,13H2,1-2H3. The molecule has 0 bridgehead atoms. The molecule has 0 saturated carbocycles. The van der Waals surface area contributed by atoms with Gasteiger partial charge in [0.2, 0.25) is 0 Å². The zero-order valence-corrected chi connectivity index (χ0v) is 8.96. The van der Waals surface area contributed by atoms with Gasteiger partial charge in [-0.3, -0.25) is 0 Å². The van der Waals surface area contributed by atoms with Gasteiger partial charge in [0, 0.05) is 6.04 Å². The monoisotopic (exact) mass is 193 g/mol. The molecule has 0 aliphatic rings. The summed E-state index contributed by atoms with van der Waals surface area (Å²) in [7, 11) is 0. The number of aryl methyl sites for hydroxylation is 1. The van der Waals surface area contributed by atoms with E-state index in [1.165, 1.54) is 0 Å². The van der Waals surface area contributed by atoms with Crippen LogP contribution in [0.15, 0.2) is 18.2 Å². The molecule has 0 aliphatic carbocycles. The van der Waals surface area contributed by atoms with Crippen molar-refractivity contribution in [2.75, 3.05) is 0 Å². The van der Waals surface area contributed by atoms with Gasteiger partial charge < -0.3 is 10.8 Å². The highest BCUT2D eigenvalue weighted by Crippen LogP contribution is 2.24. The van der Waals surface area contributed by atoms with Crippen LogP contribution in [0.4, 0.5) is 0 Å². The highest BCUT2D eigenvalue weighted by Gasteiger charge is 2.08. The van der Waals surface area contributed by atoms with Crippen LogP contribution in [0.1, 0.15) is 43.4 Å². The van der Waals surface area contributed by atoms with Crippen molar-refractivity contribution in [1.82, 2.24) is 0 Å². The van der Waals surface area contributed by atoms with E-state index in [0.29, 0.717) is 5.75 Å². The molecule has 14 heavy (non-hydrogen) atoms. The maximum Gasteiger partial charge on any atom is 0.115 e. The van der Waals surface area contributed by atoms with Crippen LogP contribution in [0.2, 0.25) is 0 Å². The number of benzene rings is 1. The van der Waals surface area contributed by atoms with E-state index < -0.39 is 0 Å². The van der Waals surface area contributed by atoms with Gasteiger partial charge in [-0.15, -0.1) is 0 Å². The van der Waals surface area contributed by atoms with Crippen LogP contribution in [0.3, 0.4) is 0 Å². The minimum atomic E-state index is 0.0575. The van der Waals surface area contributed by atoms with Crippen LogP contribution in [0.5, 0.6) is 5.75 Å². The lowest BCUT2D eigenvalue weighted by molar-refractivity contribution is 0.472. The number of nitrogens with two attached hydrogens (primary N) is 1. The van der Waals surface area contributed by atoms with Gasteiger partial charge in [0.25, 0.3) is 0 Å². The topological polar surface area (TPSA) is 46.2 Å². The Morgan fingerprint density at radius 3 is 2.79 bits per heavy atom. The molecule has 0 fully saturated rings. The van der Waals surface area contributed by atoms with Gasteiger partial charge in [0.05, 0.1) is 0 Å². The Bertz CT molecular complexity index is 296. The van der Waals surface area contributed by atoms with Crippen molar-refractivity contribution in [2.45, 2.75) is 39.2 Å². The molecule has 3 N–H and O–H groups in total. The Kier molecular flexibility index (Phi) is 3.96. The lowest BCUT2D eigenvalue weighted by Crippen LogP contribution is -2.11. The fraction of sp³-hybridized carbons (Fsp3) is 0.500. The van der Waals surface area contributed by atoms with E-state index in [9.17, 15) is 5.11 Å². The predicted octanol–water partition coefficient (Wildman–Crippen LogP) is 2.89. The lowest BCUT2D eigenvalue weighted by atomic mass is 9.97. The fourth-order valence-electron chi connectivity index (χ4n) is 1.61. The van der Waals surface area contributed by atoms with Crippen molar-refractivity contribution in [3.63, 3.8) is 0 Å². The van der Waals surface area contributed by atoms with Crippen molar-refractivity contribution in [1.29, 1.82) is 0 Å². The van der Waals surface area contributed by atoms with E-state index in [1.54, 1.807) is 12.1 Å². The first-order chi connectivity index (χ1) is 6.65. The van der Waals surface area contributed by atoms with Crippen molar-refractivity contribution in [2.24, 2.45) is 5.73 Å². The maximum atomic E-state index is 9.36. The van der Waals surface area contributed by atoms with Gasteiger partial charge in [-0.25, -0.2) is 0 Å². The third-order valence-electron chi connectivity index (χ3n) is 2.53. The first kappa shape index (κ1) is 11.1. The van der Waals surface area contributed by atoms with Crippen LogP contribution in [-0.2, 0) is 0 Å². The van der Waals surface area contributed by atoms with Crippen molar-refractivity contribution in [3.8, 4) is 5.75 Å². The molecule has 0 aromatic heterocycles. The number of hydrogen-bond donors (Lipinski definition) is 2. The molecule has 2 nitrogen and oxygen atoms in total. The molecule has 78 valence electrons. The number of rotatable bonds is 4. The molecule has 0 amide bonds. The van der Waals surface area contributed by atoms with Crippen molar-refractivity contribution < 1.29 is 5.11 Å². The molecule has 0 spiro atoms. The number of aromatic hydroxyl groups is 1. The summed E-state index contributed by atoms with van der Waals surface area (Å²) in [6.45, 7) is 4.18. The summed E-state index contributed by atoms with van der Waals surface area (Å²) in [5.41, 5.74) is 8.27. The maximum absolute atomic E-state index is 9.36. The molecular weight excluding hydrogens is 174 g/mol. The Morgan fingerprint density at radius 2 is 2.14 bits per heavy atom. The summed E-state index contributed by atoms with van der Waals surface area (Å²) in [6, 6.07) is 5.44. The van der Waals surface area contributed by atoms with Crippen LogP contribution in [-0.4, -0.2) is 5.11 Å². The quantitative estimate of drug-likeness (QED) is 0.772. The second-order valence-electron chi connectivity index (χ2n) is 3.79. The minimum absolute atomic E-state index is 0.0575. The third-order valence-corrected chi connectivity index (χ3v) is 2.53. The Labute approximate surface area is 85.8 Å². The second-order valence-corrected chi connectivity index (χ2v) is 3.79. The smallest absolute Gasteiger partial charge is 0.115 e. The highest BCUT2D eigenvalue weighted by atomic mass is 16.3. The average molecular weight is 193 g/mol. The molecule has 1 unspecified atom stereocenters. The van der Waals surface area contributed by atoms with E-state index >= 15 is 0 Å². The van der Waals surface area contributed by atoms with Crippen molar-refractivity contribution >= 4 is 0 Å². The molecule has 1 rings (SSSR count). The van der Waals surface area contributed by atoms with E-state index in [1.807, 2.05) is 13.0 Å². The number of hydrogen-bond acceptors (Lipinski definition) is 2. The molecule has 0 heterocycles. The molecule has 1 aromatic rings. The lowest BCUT2D eigenvalue weighted by Gasteiger charge is -2.14. The summed E-state index contributed by atoms with van der Waals surface area (Å²) >= 11 is 0. The van der Waals surface area contributed by atoms with Crippen LogP contribution in [0, 0.1) is 6.92 Å². The van der Waals surface area contributed by atoms with Gasteiger partial charge in [0.15, 0.2) is 0 Å². The third kappa shape index (κ3) is 2.74. The summed E-state index contributed by atoms with van der Waals surface area (Å²) in [6.07, 6.45) is 3.28. The Hall–Kier alpha value is -1.02. The van der Waals surface area contributed by atoms with Gasteiger partial charge in [-0.2, -0.15) is 0 Å². The van der Waals surface area contributed by atoms with Crippen LogP contribution < -0.4 is 5.73 Å². The first-order valence-electron chi connectivity index (χ1n) is 5.20. The second kappa shape index (κ2) is 5.01. The summed E-state index contributed by atoms with van der Waals surface area (Å²) in [4.78, 5) is 0. The van der Waals surface area contributed by atoms with E-state index in [2.05, 4.69) is 6.92 Å². The molecule has 0 saturated heterocycles. The summed E-state index contributed by atoms with van der Waals surface area (Å²) < 4.78 is 0. The number of unbranched alkanes of at least 4 members (excludes halogenated alkanes) is 1. The van der Waals surface area contributed by atoms with Crippen LogP contribution in [0.25, 0.3) is 0 Å². The molecule has 0 radical (unpaired) electrons. The number of phenols is 1. The summed E-state index contributed by atoms with van der Waals surface area (Å²) in [5, 5.41) is 9.36. The van der Waals surface area contributed by atoms with E-state index in [-0.39, 0.29) is 6.04 Å². The first-order valence-corrected chi connectivity index (χ1v) is 5.20. The molecule has 1 aromatic carbocycles. The Morgan fingerprint density at radius 1 is 1.43 bits per heavy atom. The predicted molar refractivity (Wildman–Crippen MR) is 59.3 cm³/mol. The highest BCUT2D eigenvalue weighted by molar-refractivity contribution is 5.35. The molecule has 0 aliphatic heterocycles. The Balaban J connectivity index is 2.77. The molecule has 1 atom stereocenters. The largest absolute Gasteiger partial charge is 0.508 e. The normalized spacial score (nSPS) is 12.8. The fourth-order valence-corrected chi connectivity index (χ4v) is 1.61. The van der Waals surface area contributed by atoms with Crippen LogP contribution >= 0.6 is 0 Å². The van der Waals surface area contributed by atoms with E-state index in [0.717, 1.165) is 30.4 Å². The minimum Gasteiger partial charge on any atom is -0.508 e. The summed E-state index contributed by atoms with van der Waals surface area (Å²) in [5.74, 6) is 0.303. The zero-order chi connectivity index (χ0) is 10.6. The van der Waals surface area contributed by atoms with Crippen molar-refractivity contribution in [3.05, 3.63) is 29.3 Å². The van der Waals surface area contributed by atoms with Gasteiger partial charge >= 0.3 is 0 Å². The van der Waals surface area contributed by atoms with Gasteiger partial charge in [-0.1, -0.05) is 25.8 Å². The molecular formula is C12H19NO.